The smallest absolute Gasteiger partial charge is 0.242 e. The molecule has 9 nitrogen and oxygen atoms in total. The average Bonchev–Trinajstić information content (AvgIpc) is 3.03. The van der Waals surface area contributed by atoms with Crippen LogP contribution in [0.25, 0.3) is 0 Å². The van der Waals surface area contributed by atoms with Crippen LogP contribution < -0.4 is 4.90 Å². The van der Waals surface area contributed by atoms with Gasteiger partial charge in [0.15, 0.2) is 0 Å². The summed E-state index contributed by atoms with van der Waals surface area (Å²) in [6.45, 7) is 2.64. The lowest BCUT2D eigenvalue weighted by Gasteiger charge is -2.44. The van der Waals surface area contributed by atoms with Crippen molar-refractivity contribution in [2.75, 3.05) is 59.3 Å². The third-order valence-corrected chi connectivity index (χ3v) is 9.93. The van der Waals surface area contributed by atoms with E-state index in [0.717, 1.165) is 29.8 Å². The van der Waals surface area contributed by atoms with E-state index in [4.69, 9.17) is 0 Å². The Bertz CT molecular complexity index is 1460. The van der Waals surface area contributed by atoms with E-state index in [2.05, 4.69) is 14.8 Å². The molecule has 0 saturated carbocycles. The largest absolute Gasteiger partial charge is 0.380 e. The Kier molecular flexibility index (Phi) is 10.6. The van der Waals surface area contributed by atoms with Gasteiger partial charge in [0.25, 0.3) is 0 Å². The van der Waals surface area contributed by atoms with Crippen molar-refractivity contribution in [3.05, 3.63) is 96.1 Å². The molecule has 4 rings (SSSR count). The molecule has 0 aliphatic carbocycles. The molecular formula is C33H42N6O3S. The molecule has 3 aromatic rings. The normalized spacial score (nSPS) is 15.1. The van der Waals surface area contributed by atoms with E-state index in [1.165, 1.54) is 18.4 Å². The molecular weight excluding hydrogens is 560 g/mol. The summed E-state index contributed by atoms with van der Waals surface area (Å²) in [6.07, 6.45) is 4.19. The average molecular weight is 603 g/mol. The molecule has 3 aromatic carbocycles. The van der Waals surface area contributed by atoms with Gasteiger partial charge < -0.3 is 19.8 Å². The minimum Gasteiger partial charge on any atom is -0.380 e. The lowest BCUT2D eigenvalue weighted by molar-refractivity contribution is -0.00668. The molecule has 1 aliphatic rings. The van der Waals surface area contributed by atoms with Gasteiger partial charge in [0.05, 0.1) is 4.90 Å². The number of hydrogen-bond donors (Lipinski definition) is 1. The Hall–Kier alpha value is -3.75. The molecule has 1 aliphatic heterocycles. The van der Waals surface area contributed by atoms with Crippen molar-refractivity contribution >= 4 is 21.7 Å². The standard InChI is InChI=1S/C33H42N6O3S/c1-36(2)22-11-23-39(30-16-18-31(19-17-30)43(41,42)37(3)4)32(35-26-34)38-24-20-29(21-25-38)33(40,27-12-7-5-8-13-27)28-14-9-6-10-15-28/h5-10,12-19,29,40H,11,20-25H2,1-4H3. The predicted octanol–water partition coefficient (Wildman–Crippen LogP) is 4.18. The number of aliphatic hydroxyl groups is 1. The highest BCUT2D eigenvalue weighted by Gasteiger charge is 2.42. The second kappa shape index (κ2) is 14.1. The van der Waals surface area contributed by atoms with Crippen LogP contribution in [0.3, 0.4) is 0 Å². The molecule has 0 aromatic heterocycles. The summed E-state index contributed by atoms with van der Waals surface area (Å²) in [5.74, 6) is 0.487. The quantitative estimate of drug-likeness (QED) is 0.211. The molecule has 1 saturated heterocycles. The number of rotatable bonds is 10. The summed E-state index contributed by atoms with van der Waals surface area (Å²) >= 11 is 0. The molecule has 43 heavy (non-hydrogen) atoms. The van der Waals surface area contributed by atoms with Crippen molar-refractivity contribution in [3.63, 3.8) is 0 Å². The van der Waals surface area contributed by atoms with Crippen LogP contribution in [0.5, 0.6) is 0 Å². The fraction of sp³-hybridized carbons (Fsp3) is 0.394. The van der Waals surface area contributed by atoms with Crippen molar-refractivity contribution in [1.29, 1.82) is 5.26 Å². The van der Waals surface area contributed by atoms with Crippen molar-refractivity contribution in [1.82, 2.24) is 14.1 Å². The highest BCUT2D eigenvalue weighted by molar-refractivity contribution is 7.89. The van der Waals surface area contributed by atoms with Gasteiger partial charge in [-0.1, -0.05) is 60.7 Å². The van der Waals surface area contributed by atoms with Gasteiger partial charge in [-0.2, -0.15) is 5.26 Å². The van der Waals surface area contributed by atoms with Crippen LogP contribution in [-0.4, -0.2) is 88.0 Å². The second-order valence-corrected chi connectivity index (χ2v) is 13.5. The number of hydrogen-bond acceptors (Lipinski definition) is 6. The molecule has 1 N–H and O–H groups in total. The molecule has 228 valence electrons. The molecule has 0 amide bonds. The van der Waals surface area contributed by atoms with E-state index in [9.17, 15) is 18.8 Å². The first-order chi connectivity index (χ1) is 20.6. The number of piperidine rings is 1. The van der Waals surface area contributed by atoms with E-state index < -0.39 is 15.6 Å². The predicted molar refractivity (Wildman–Crippen MR) is 171 cm³/mol. The zero-order chi connectivity index (χ0) is 31.0. The minimum atomic E-state index is -3.57. The molecule has 10 heteroatoms. The van der Waals surface area contributed by atoms with E-state index in [0.29, 0.717) is 38.4 Å². The molecule has 0 unspecified atom stereocenters. The molecule has 0 bridgehead atoms. The summed E-state index contributed by atoms with van der Waals surface area (Å²) in [7, 11) is 3.47. The Labute approximate surface area is 256 Å². The topological polar surface area (TPSA) is 103 Å². The number of nitrogens with zero attached hydrogens (tertiary/aromatic N) is 6. The molecule has 1 heterocycles. The first kappa shape index (κ1) is 32.2. The van der Waals surface area contributed by atoms with Crippen LogP contribution in [0.2, 0.25) is 0 Å². The monoisotopic (exact) mass is 602 g/mol. The Morgan fingerprint density at radius 2 is 1.44 bits per heavy atom. The number of benzene rings is 3. The lowest BCUT2D eigenvalue weighted by Crippen LogP contribution is -2.51. The van der Waals surface area contributed by atoms with Gasteiger partial charge in [0, 0.05) is 39.4 Å². The van der Waals surface area contributed by atoms with Gasteiger partial charge in [0.2, 0.25) is 22.2 Å². The number of aliphatic imine (C=N–C) groups is 1. The Morgan fingerprint density at radius 1 is 0.907 bits per heavy atom. The van der Waals surface area contributed by atoms with E-state index in [1.807, 2.05) is 85.9 Å². The number of nitriles is 1. The van der Waals surface area contributed by atoms with Crippen LogP contribution in [0.4, 0.5) is 5.69 Å². The summed E-state index contributed by atoms with van der Waals surface area (Å²) in [6, 6.07) is 26.4. The van der Waals surface area contributed by atoms with Crippen LogP contribution >= 0.6 is 0 Å². The second-order valence-electron chi connectivity index (χ2n) is 11.4. The lowest BCUT2D eigenvalue weighted by atomic mass is 9.72. The number of anilines is 1. The van der Waals surface area contributed by atoms with Crippen molar-refractivity contribution in [2.45, 2.75) is 29.8 Å². The van der Waals surface area contributed by atoms with Crippen LogP contribution in [0.1, 0.15) is 30.4 Å². The maximum absolute atomic E-state index is 12.7. The summed E-state index contributed by atoms with van der Waals surface area (Å²) in [4.78, 5) is 10.7. The number of guanidine groups is 1. The molecule has 0 spiro atoms. The molecule has 0 radical (unpaired) electrons. The van der Waals surface area contributed by atoms with E-state index >= 15 is 0 Å². The van der Waals surface area contributed by atoms with Crippen molar-refractivity contribution < 1.29 is 13.5 Å². The summed E-state index contributed by atoms with van der Waals surface area (Å²) < 4.78 is 26.5. The van der Waals surface area contributed by atoms with E-state index in [1.54, 1.807) is 24.3 Å². The Balaban J connectivity index is 1.62. The third kappa shape index (κ3) is 7.25. The highest BCUT2D eigenvalue weighted by atomic mass is 32.2. The van der Waals surface area contributed by atoms with Gasteiger partial charge >= 0.3 is 0 Å². The van der Waals surface area contributed by atoms with Gasteiger partial charge in [-0.25, -0.2) is 12.7 Å². The van der Waals surface area contributed by atoms with Crippen molar-refractivity contribution in [2.24, 2.45) is 10.9 Å². The molecule has 1 fully saturated rings. The van der Waals surface area contributed by atoms with E-state index in [-0.39, 0.29) is 10.8 Å². The maximum atomic E-state index is 12.7. The van der Waals surface area contributed by atoms with Gasteiger partial charge in [0.1, 0.15) is 5.60 Å². The van der Waals surface area contributed by atoms with Gasteiger partial charge in [-0.3, -0.25) is 0 Å². The maximum Gasteiger partial charge on any atom is 0.242 e. The number of likely N-dealkylation sites (tertiary alicyclic amines) is 1. The number of sulfonamides is 1. The van der Waals surface area contributed by atoms with Crippen LogP contribution in [0.15, 0.2) is 94.8 Å². The zero-order valence-corrected chi connectivity index (χ0v) is 26.3. The third-order valence-electron chi connectivity index (χ3n) is 8.10. The zero-order valence-electron chi connectivity index (χ0n) is 25.5. The van der Waals surface area contributed by atoms with Gasteiger partial charge in [-0.15, -0.1) is 4.99 Å². The summed E-state index contributed by atoms with van der Waals surface area (Å²) in [5, 5.41) is 22.1. The molecule has 0 atom stereocenters. The Morgan fingerprint density at radius 3 is 1.91 bits per heavy atom. The fourth-order valence-electron chi connectivity index (χ4n) is 5.76. The SMILES string of the molecule is CN(C)CCCN(C(=NC#N)N1CCC(C(O)(c2ccccc2)c2ccccc2)CC1)c1ccc(S(=O)(=O)N(C)C)cc1. The highest BCUT2D eigenvalue weighted by Crippen LogP contribution is 2.42. The van der Waals surface area contributed by atoms with Crippen molar-refractivity contribution in [3.8, 4) is 6.19 Å². The minimum absolute atomic E-state index is 0.0467. The first-order valence-corrected chi connectivity index (χ1v) is 16.0. The van der Waals surface area contributed by atoms with Crippen LogP contribution in [-0.2, 0) is 15.6 Å². The van der Waals surface area contributed by atoms with Crippen LogP contribution in [0, 0.1) is 17.4 Å². The van der Waals surface area contributed by atoms with Gasteiger partial charge in [-0.05, 0) is 81.2 Å². The first-order valence-electron chi connectivity index (χ1n) is 14.6. The summed E-state index contributed by atoms with van der Waals surface area (Å²) in [5.41, 5.74) is 1.34. The fourth-order valence-corrected chi connectivity index (χ4v) is 6.67.